The van der Waals surface area contributed by atoms with Crippen LogP contribution in [0.5, 0.6) is 5.75 Å². The maximum Gasteiger partial charge on any atom is 0.359 e. The first-order chi connectivity index (χ1) is 16.0. The summed E-state index contributed by atoms with van der Waals surface area (Å²) in [6.45, 7) is 1.43. The predicted molar refractivity (Wildman–Crippen MR) is 122 cm³/mol. The zero-order valence-electron chi connectivity index (χ0n) is 17.4. The second-order valence-corrected chi connectivity index (χ2v) is 7.62. The number of halogens is 1. The molecular formula is C23H18FN3O5S. The van der Waals surface area contributed by atoms with E-state index in [0.29, 0.717) is 5.75 Å². The van der Waals surface area contributed by atoms with Crippen molar-refractivity contribution < 1.29 is 23.5 Å². The maximum absolute atomic E-state index is 14.4. The highest BCUT2D eigenvalue weighted by Crippen LogP contribution is 2.30. The van der Waals surface area contributed by atoms with Gasteiger partial charge in [0.15, 0.2) is 12.3 Å². The van der Waals surface area contributed by atoms with Gasteiger partial charge in [-0.2, -0.15) is 9.78 Å². The summed E-state index contributed by atoms with van der Waals surface area (Å²) in [5, 5.41) is 8.65. The average molecular weight is 467 g/mol. The van der Waals surface area contributed by atoms with Crippen molar-refractivity contribution in [2.45, 2.75) is 6.92 Å². The second-order valence-electron chi connectivity index (χ2n) is 6.74. The number of rotatable bonds is 7. The second kappa shape index (κ2) is 9.61. The Morgan fingerprint density at radius 3 is 2.58 bits per heavy atom. The van der Waals surface area contributed by atoms with Crippen LogP contribution in [-0.2, 0) is 9.53 Å². The summed E-state index contributed by atoms with van der Waals surface area (Å²) in [4.78, 5) is 38.3. The number of carbonyl (C=O) groups excluding carboxylic acids is 2. The standard InChI is InChI=1S/C23H18FN3O5S/c1-2-31-23(30)20-15-13-33-21(25-18(28)12-32-14-8-4-3-5-9-14)19(15)22(29)27(26-20)17-11-7-6-10-16(17)24/h3-11,13H,2,12H2,1H3,(H,25,28). The molecule has 0 unspecified atom stereocenters. The molecule has 168 valence electrons. The molecule has 0 radical (unpaired) electrons. The number of esters is 1. The van der Waals surface area contributed by atoms with Crippen molar-refractivity contribution in [2.75, 3.05) is 18.5 Å². The number of para-hydroxylation sites is 2. The molecule has 0 fully saturated rings. The third kappa shape index (κ3) is 4.60. The highest BCUT2D eigenvalue weighted by atomic mass is 32.1. The number of carbonyl (C=O) groups is 2. The topological polar surface area (TPSA) is 99.5 Å². The highest BCUT2D eigenvalue weighted by Gasteiger charge is 2.24. The predicted octanol–water partition coefficient (Wildman–Crippen LogP) is 3.78. The van der Waals surface area contributed by atoms with E-state index in [4.69, 9.17) is 9.47 Å². The lowest BCUT2D eigenvalue weighted by atomic mass is 10.2. The molecule has 0 aliphatic carbocycles. The van der Waals surface area contributed by atoms with Gasteiger partial charge >= 0.3 is 5.97 Å². The molecule has 0 bridgehead atoms. The third-order valence-electron chi connectivity index (χ3n) is 4.57. The molecule has 0 atom stereocenters. The Morgan fingerprint density at radius 2 is 1.85 bits per heavy atom. The number of benzene rings is 2. The van der Waals surface area contributed by atoms with Crippen LogP contribution in [0, 0.1) is 5.82 Å². The van der Waals surface area contributed by atoms with Crippen LogP contribution in [0.4, 0.5) is 9.39 Å². The van der Waals surface area contributed by atoms with Crippen LogP contribution in [0.1, 0.15) is 17.4 Å². The molecule has 0 saturated carbocycles. The van der Waals surface area contributed by atoms with E-state index in [-0.39, 0.29) is 40.4 Å². The minimum absolute atomic E-state index is 0.0226. The van der Waals surface area contributed by atoms with Gasteiger partial charge in [-0.25, -0.2) is 9.18 Å². The van der Waals surface area contributed by atoms with Gasteiger partial charge in [-0.1, -0.05) is 30.3 Å². The van der Waals surface area contributed by atoms with Crippen molar-refractivity contribution >= 4 is 39.0 Å². The van der Waals surface area contributed by atoms with Crippen LogP contribution in [0.25, 0.3) is 16.5 Å². The molecule has 0 aliphatic heterocycles. The molecule has 4 aromatic rings. The van der Waals surface area contributed by atoms with Gasteiger partial charge < -0.3 is 14.8 Å². The summed E-state index contributed by atoms with van der Waals surface area (Å²) in [6, 6.07) is 14.3. The SMILES string of the molecule is CCOC(=O)c1nn(-c2ccccc2F)c(=O)c2c(NC(=O)COc3ccccc3)scc12. The molecule has 4 rings (SSSR count). The zero-order chi connectivity index (χ0) is 23.4. The van der Waals surface area contributed by atoms with Gasteiger partial charge in [0.2, 0.25) is 0 Å². The molecule has 10 heteroatoms. The fraction of sp³-hybridized carbons (Fsp3) is 0.130. The first kappa shape index (κ1) is 22.2. The van der Waals surface area contributed by atoms with Crippen molar-refractivity contribution in [3.8, 4) is 11.4 Å². The molecular weight excluding hydrogens is 449 g/mol. The molecule has 2 aromatic carbocycles. The number of hydrogen-bond donors (Lipinski definition) is 1. The molecule has 2 aromatic heterocycles. The molecule has 0 aliphatic rings. The lowest BCUT2D eigenvalue weighted by molar-refractivity contribution is -0.118. The van der Waals surface area contributed by atoms with Crippen LogP contribution < -0.4 is 15.6 Å². The Hall–Kier alpha value is -4.05. The lowest BCUT2D eigenvalue weighted by Crippen LogP contribution is -2.27. The van der Waals surface area contributed by atoms with Gasteiger partial charge in [-0.3, -0.25) is 9.59 Å². The Labute approximate surface area is 191 Å². The minimum atomic E-state index is -0.768. The quantitative estimate of drug-likeness (QED) is 0.415. The molecule has 1 amide bonds. The van der Waals surface area contributed by atoms with E-state index in [0.717, 1.165) is 16.0 Å². The van der Waals surface area contributed by atoms with E-state index in [1.807, 2.05) is 6.07 Å². The maximum atomic E-state index is 14.4. The Morgan fingerprint density at radius 1 is 1.12 bits per heavy atom. The summed E-state index contributed by atoms with van der Waals surface area (Å²) < 4.78 is 25.7. The monoisotopic (exact) mass is 467 g/mol. The smallest absolute Gasteiger partial charge is 0.359 e. The van der Waals surface area contributed by atoms with Crippen LogP contribution in [0.2, 0.25) is 0 Å². The summed E-state index contributed by atoms with van der Waals surface area (Å²) in [5.74, 6) is -1.46. The van der Waals surface area contributed by atoms with Gasteiger partial charge in [0, 0.05) is 10.8 Å². The lowest BCUT2D eigenvalue weighted by Gasteiger charge is -2.10. The van der Waals surface area contributed by atoms with E-state index >= 15 is 0 Å². The number of nitrogens with one attached hydrogen (secondary N) is 1. The fourth-order valence-electron chi connectivity index (χ4n) is 3.11. The van der Waals surface area contributed by atoms with Crippen molar-refractivity contribution in [1.82, 2.24) is 9.78 Å². The van der Waals surface area contributed by atoms with Gasteiger partial charge in [0.1, 0.15) is 22.3 Å². The summed E-state index contributed by atoms with van der Waals surface area (Å²) in [7, 11) is 0. The highest BCUT2D eigenvalue weighted by molar-refractivity contribution is 7.16. The van der Waals surface area contributed by atoms with E-state index in [9.17, 15) is 18.8 Å². The Balaban J connectivity index is 1.75. The Bertz CT molecular complexity index is 1380. The minimum Gasteiger partial charge on any atom is -0.484 e. The molecule has 0 saturated heterocycles. The normalized spacial score (nSPS) is 10.7. The molecule has 1 N–H and O–H groups in total. The number of aromatic nitrogens is 2. The van der Waals surface area contributed by atoms with E-state index in [1.165, 1.54) is 29.6 Å². The van der Waals surface area contributed by atoms with Gasteiger partial charge in [-0.15, -0.1) is 11.3 Å². The van der Waals surface area contributed by atoms with Crippen molar-refractivity contribution in [1.29, 1.82) is 0 Å². The number of thiophene rings is 1. The number of ether oxygens (including phenoxy) is 2. The summed E-state index contributed by atoms with van der Waals surface area (Å²) in [5.41, 5.74) is -0.985. The van der Waals surface area contributed by atoms with Crippen LogP contribution in [0.3, 0.4) is 0 Å². The van der Waals surface area contributed by atoms with Crippen LogP contribution >= 0.6 is 11.3 Å². The molecule has 33 heavy (non-hydrogen) atoms. The summed E-state index contributed by atoms with van der Waals surface area (Å²) >= 11 is 1.04. The van der Waals surface area contributed by atoms with Crippen LogP contribution in [-0.4, -0.2) is 34.9 Å². The number of anilines is 1. The first-order valence-corrected chi connectivity index (χ1v) is 10.8. The number of amides is 1. The fourth-order valence-corrected chi connectivity index (χ4v) is 4.06. The molecule has 2 heterocycles. The van der Waals surface area contributed by atoms with E-state index in [1.54, 1.807) is 31.2 Å². The summed E-state index contributed by atoms with van der Waals surface area (Å²) in [6.07, 6.45) is 0. The largest absolute Gasteiger partial charge is 0.484 e. The van der Waals surface area contributed by atoms with Crippen molar-refractivity contribution in [2.24, 2.45) is 0 Å². The van der Waals surface area contributed by atoms with E-state index in [2.05, 4.69) is 10.4 Å². The number of hydrogen-bond acceptors (Lipinski definition) is 7. The Kier molecular flexibility index (Phi) is 6.45. The third-order valence-corrected chi connectivity index (χ3v) is 5.46. The van der Waals surface area contributed by atoms with Crippen molar-refractivity contribution in [3.05, 3.63) is 81.8 Å². The first-order valence-electron chi connectivity index (χ1n) is 9.93. The van der Waals surface area contributed by atoms with Gasteiger partial charge in [-0.05, 0) is 31.2 Å². The van der Waals surface area contributed by atoms with Crippen LogP contribution in [0.15, 0.2) is 64.8 Å². The molecule has 0 spiro atoms. The zero-order valence-corrected chi connectivity index (χ0v) is 18.2. The average Bonchev–Trinajstić information content (AvgIpc) is 3.23. The van der Waals surface area contributed by atoms with Gasteiger partial charge in [0.25, 0.3) is 11.5 Å². The molecule has 8 nitrogen and oxygen atoms in total. The number of nitrogens with zero attached hydrogens (tertiary/aromatic N) is 2. The number of fused-ring (bicyclic) bond motifs is 1. The van der Waals surface area contributed by atoms with Gasteiger partial charge in [0.05, 0.1) is 12.0 Å². The van der Waals surface area contributed by atoms with E-state index < -0.39 is 23.3 Å². The van der Waals surface area contributed by atoms with Crippen molar-refractivity contribution in [3.63, 3.8) is 0 Å².